The van der Waals surface area contributed by atoms with Gasteiger partial charge in [0.05, 0.1) is 12.8 Å². The highest BCUT2D eigenvalue weighted by Gasteiger charge is 2.10. The van der Waals surface area contributed by atoms with Gasteiger partial charge in [-0.2, -0.15) is 8.78 Å². The molecule has 0 aliphatic rings. The Morgan fingerprint density at radius 2 is 1.62 bits per heavy atom. The van der Waals surface area contributed by atoms with Gasteiger partial charge in [-0.25, -0.2) is 0 Å². The van der Waals surface area contributed by atoms with Gasteiger partial charge in [-0.15, -0.1) is 0 Å². The third-order valence-electron chi connectivity index (χ3n) is 3.48. The molecule has 24 heavy (non-hydrogen) atoms. The van der Waals surface area contributed by atoms with Gasteiger partial charge < -0.3 is 14.5 Å². The number of nitrogens with one attached hydrogen (secondary N) is 1. The second kappa shape index (κ2) is 6.84. The van der Waals surface area contributed by atoms with E-state index in [0.29, 0.717) is 4.77 Å². The number of ether oxygens (including phenoxy) is 2. The van der Waals surface area contributed by atoms with Crippen molar-refractivity contribution in [2.24, 2.45) is 0 Å². The highest BCUT2D eigenvalue weighted by molar-refractivity contribution is 7.71. The minimum Gasteiger partial charge on any atom is -0.497 e. The number of hydrogen-bond acceptors (Lipinski definition) is 3. The first-order valence-electron chi connectivity index (χ1n) is 7.08. The summed E-state index contributed by atoms with van der Waals surface area (Å²) < 4.78 is 36.3. The van der Waals surface area contributed by atoms with Gasteiger partial charge in [-0.1, -0.05) is 0 Å². The average molecular weight is 348 g/mol. The number of methoxy groups -OCH3 is 1. The van der Waals surface area contributed by atoms with Crippen LogP contribution in [0.4, 0.5) is 8.78 Å². The molecule has 0 fully saturated rings. The van der Waals surface area contributed by atoms with Crippen molar-refractivity contribution in [3.05, 3.63) is 59.5 Å². The molecule has 1 heterocycles. The van der Waals surface area contributed by atoms with E-state index in [1.54, 1.807) is 25.4 Å². The molecule has 3 rings (SSSR count). The Morgan fingerprint density at radius 1 is 1.00 bits per heavy atom. The quantitative estimate of drug-likeness (QED) is 0.673. The average Bonchev–Trinajstić information content (AvgIpc) is 2.97. The van der Waals surface area contributed by atoms with E-state index >= 15 is 0 Å². The molecule has 0 radical (unpaired) electrons. The van der Waals surface area contributed by atoms with Gasteiger partial charge in [-0.05, 0) is 60.7 Å². The lowest BCUT2D eigenvalue weighted by Gasteiger charge is -2.10. The number of benzene rings is 2. The number of H-pyrrole nitrogens is 1. The van der Waals surface area contributed by atoms with E-state index in [1.807, 2.05) is 28.8 Å². The smallest absolute Gasteiger partial charge is 0.387 e. The van der Waals surface area contributed by atoms with Gasteiger partial charge in [0.1, 0.15) is 11.5 Å². The maximum absolute atomic E-state index is 12.2. The van der Waals surface area contributed by atoms with Crippen LogP contribution in [0, 0.1) is 4.77 Å². The van der Waals surface area contributed by atoms with Crippen molar-refractivity contribution in [2.45, 2.75) is 6.61 Å². The number of aromatic amines is 1. The minimum absolute atomic E-state index is 0.0989. The second-order valence-electron chi connectivity index (χ2n) is 4.92. The van der Waals surface area contributed by atoms with E-state index < -0.39 is 6.61 Å². The molecule has 124 valence electrons. The molecule has 0 spiro atoms. The summed E-state index contributed by atoms with van der Waals surface area (Å²) >= 11 is 5.34. The Balaban J connectivity index is 1.99. The van der Waals surface area contributed by atoms with Crippen molar-refractivity contribution >= 4 is 12.2 Å². The predicted octanol–water partition coefficient (Wildman–Crippen LogP) is 4.81. The van der Waals surface area contributed by atoms with Crippen LogP contribution in [0.5, 0.6) is 11.5 Å². The predicted molar refractivity (Wildman–Crippen MR) is 89.6 cm³/mol. The fourth-order valence-corrected chi connectivity index (χ4v) is 2.64. The number of nitrogens with zero attached hydrogens (tertiary/aromatic N) is 1. The first-order chi connectivity index (χ1) is 11.6. The summed E-state index contributed by atoms with van der Waals surface area (Å²) in [5.41, 5.74) is 2.54. The lowest BCUT2D eigenvalue weighted by Crippen LogP contribution is -2.02. The Morgan fingerprint density at radius 3 is 2.21 bits per heavy atom. The summed E-state index contributed by atoms with van der Waals surface area (Å²) in [6.07, 6.45) is 1.80. The Labute approximate surface area is 142 Å². The lowest BCUT2D eigenvalue weighted by atomic mass is 10.1. The molecule has 0 bridgehead atoms. The van der Waals surface area contributed by atoms with E-state index in [1.165, 1.54) is 12.1 Å². The Bertz CT molecular complexity index is 871. The van der Waals surface area contributed by atoms with E-state index in [2.05, 4.69) is 9.72 Å². The number of imidazole rings is 1. The number of rotatable bonds is 5. The standard InChI is InChI=1S/C17H14F2N2O2S/c1-22-13-6-2-11(3-7-13)15-10-20-17(24)21(15)12-4-8-14(9-5-12)23-16(18)19/h2-10,16H,1H3,(H,20,24). The van der Waals surface area contributed by atoms with Gasteiger partial charge >= 0.3 is 6.61 Å². The molecule has 0 aliphatic carbocycles. The van der Waals surface area contributed by atoms with E-state index in [9.17, 15) is 8.78 Å². The highest BCUT2D eigenvalue weighted by Crippen LogP contribution is 2.26. The molecular formula is C17H14F2N2O2S. The van der Waals surface area contributed by atoms with Gasteiger partial charge in [0.15, 0.2) is 4.77 Å². The monoisotopic (exact) mass is 348 g/mol. The van der Waals surface area contributed by atoms with Crippen LogP contribution in [-0.4, -0.2) is 23.3 Å². The summed E-state index contributed by atoms with van der Waals surface area (Å²) in [5.74, 6) is 0.856. The molecule has 7 heteroatoms. The molecule has 4 nitrogen and oxygen atoms in total. The first-order valence-corrected chi connectivity index (χ1v) is 7.49. The summed E-state index contributed by atoms with van der Waals surface area (Å²) in [5, 5.41) is 0. The van der Waals surface area contributed by atoms with Crippen molar-refractivity contribution in [2.75, 3.05) is 7.11 Å². The van der Waals surface area contributed by atoms with Crippen LogP contribution in [0.2, 0.25) is 0 Å². The van der Waals surface area contributed by atoms with Crippen LogP contribution >= 0.6 is 12.2 Å². The maximum atomic E-state index is 12.2. The Kier molecular flexibility index (Phi) is 4.61. The van der Waals surface area contributed by atoms with Crippen LogP contribution in [-0.2, 0) is 0 Å². The van der Waals surface area contributed by atoms with E-state index in [-0.39, 0.29) is 5.75 Å². The highest BCUT2D eigenvalue weighted by atomic mass is 32.1. The third kappa shape index (κ3) is 3.30. The SMILES string of the molecule is COc1ccc(-c2c[nH]c(=S)n2-c2ccc(OC(F)F)cc2)cc1. The summed E-state index contributed by atoms with van der Waals surface area (Å²) in [4.78, 5) is 3.00. The van der Waals surface area contributed by atoms with Gasteiger partial charge in [0, 0.05) is 17.4 Å². The molecule has 0 aliphatic heterocycles. The zero-order chi connectivity index (χ0) is 17.1. The lowest BCUT2D eigenvalue weighted by molar-refractivity contribution is -0.0498. The normalized spacial score (nSPS) is 10.8. The largest absolute Gasteiger partial charge is 0.497 e. The Hall–Kier alpha value is -2.67. The summed E-state index contributed by atoms with van der Waals surface area (Å²) in [6, 6.07) is 13.9. The number of alkyl halides is 2. The molecule has 1 N–H and O–H groups in total. The van der Waals surface area contributed by atoms with E-state index in [4.69, 9.17) is 17.0 Å². The van der Waals surface area contributed by atoms with Crippen LogP contribution in [0.25, 0.3) is 16.9 Å². The van der Waals surface area contributed by atoms with Crippen LogP contribution < -0.4 is 9.47 Å². The molecule has 2 aromatic carbocycles. The molecule has 0 amide bonds. The molecule has 0 saturated heterocycles. The number of aromatic nitrogens is 2. The van der Waals surface area contributed by atoms with Gasteiger partial charge in [0.25, 0.3) is 0 Å². The van der Waals surface area contributed by atoms with Crippen molar-refractivity contribution in [1.82, 2.24) is 9.55 Å². The van der Waals surface area contributed by atoms with Crippen molar-refractivity contribution in [3.8, 4) is 28.4 Å². The molecule has 0 unspecified atom stereocenters. The third-order valence-corrected chi connectivity index (χ3v) is 3.78. The van der Waals surface area contributed by atoms with Crippen molar-refractivity contribution in [1.29, 1.82) is 0 Å². The molecule has 0 atom stereocenters. The van der Waals surface area contributed by atoms with Crippen molar-refractivity contribution < 1.29 is 18.3 Å². The fourth-order valence-electron chi connectivity index (χ4n) is 2.38. The topological polar surface area (TPSA) is 39.2 Å². The molecule has 0 saturated carbocycles. The van der Waals surface area contributed by atoms with Gasteiger partial charge in [0.2, 0.25) is 0 Å². The van der Waals surface area contributed by atoms with Crippen LogP contribution in [0.1, 0.15) is 0 Å². The summed E-state index contributed by atoms with van der Waals surface area (Å²) in [7, 11) is 1.61. The first kappa shape index (κ1) is 16.2. The van der Waals surface area contributed by atoms with Crippen LogP contribution in [0.15, 0.2) is 54.7 Å². The molecule has 3 aromatic rings. The maximum Gasteiger partial charge on any atom is 0.387 e. The number of hydrogen-bond donors (Lipinski definition) is 1. The minimum atomic E-state index is -2.85. The van der Waals surface area contributed by atoms with Gasteiger partial charge in [-0.3, -0.25) is 4.57 Å². The fraction of sp³-hybridized carbons (Fsp3) is 0.118. The second-order valence-corrected chi connectivity index (χ2v) is 5.30. The van der Waals surface area contributed by atoms with E-state index in [0.717, 1.165) is 22.7 Å². The van der Waals surface area contributed by atoms with Crippen molar-refractivity contribution in [3.63, 3.8) is 0 Å². The molecule has 1 aromatic heterocycles. The molecular weight excluding hydrogens is 334 g/mol. The zero-order valence-corrected chi connectivity index (χ0v) is 13.5. The zero-order valence-electron chi connectivity index (χ0n) is 12.7. The van der Waals surface area contributed by atoms with Crippen LogP contribution in [0.3, 0.4) is 0 Å². The number of halogens is 2. The summed E-state index contributed by atoms with van der Waals surface area (Å²) in [6.45, 7) is -2.85.